The maximum atomic E-state index is 13.0. The minimum Gasteiger partial charge on any atom is -0.376 e. The number of carbonyl (C=O) groups is 2. The van der Waals surface area contributed by atoms with Crippen LogP contribution in [-0.4, -0.2) is 47.5 Å². The van der Waals surface area contributed by atoms with E-state index in [1.165, 1.54) is 11.3 Å². The predicted molar refractivity (Wildman–Crippen MR) is 104 cm³/mol. The quantitative estimate of drug-likeness (QED) is 0.672. The van der Waals surface area contributed by atoms with Crippen molar-refractivity contribution in [2.75, 3.05) is 25.0 Å². The minimum atomic E-state index is -0.198. The number of hydrogen-bond acceptors (Lipinski definition) is 5. The Bertz CT molecular complexity index is 584. The first-order chi connectivity index (χ1) is 12.5. The van der Waals surface area contributed by atoms with E-state index < -0.39 is 0 Å². The summed E-state index contributed by atoms with van der Waals surface area (Å²) >= 11 is 1.40. The predicted octanol–water partition coefficient (Wildman–Crippen LogP) is 3.61. The Morgan fingerprint density at radius 3 is 2.85 bits per heavy atom. The zero-order valence-electron chi connectivity index (χ0n) is 16.1. The third-order valence-corrected chi connectivity index (χ3v) is 5.58. The molecule has 0 aromatic carbocycles. The second-order valence-electron chi connectivity index (χ2n) is 6.94. The molecule has 2 atom stereocenters. The fourth-order valence-electron chi connectivity index (χ4n) is 3.22. The molecule has 0 radical (unpaired) electrons. The molecule has 0 bridgehead atoms. The monoisotopic (exact) mass is 381 g/mol. The van der Waals surface area contributed by atoms with Gasteiger partial charge in [-0.05, 0) is 32.6 Å². The molecule has 2 heterocycles. The third-order valence-electron chi connectivity index (χ3n) is 4.71. The molecule has 0 aliphatic carbocycles. The number of aryl methyl sites for hydroxylation is 1. The SMILES string of the molecule is CCCCC(CC)C(=O)N(CC(=O)Nc1nc(C)cs1)CC1CCCO1. The number of amides is 2. The summed E-state index contributed by atoms with van der Waals surface area (Å²) in [7, 11) is 0. The summed E-state index contributed by atoms with van der Waals surface area (Å²) in [5.74, 6) is -0.149. The van der Waals surface area contributed by atoms with Crippen molar-refractivity contribution in [3.63, 3.8) is 0 Å². The molecule has 26 heavy (non-hydrogen) atoms. The Morgan fingerprint density at radius 2 is 2.27 bits per heavy atom. The second kappa shape index (κ2) is 10.6. The van der Waals surface area contributed by atoms with E-state index in [1.54, 1.807) is 4.90 Å². The number of aromatic nitrogens is 1. The fourth-order valence-corrected chi connectivity index (χ4v) is 3.93. The third kappa shape index (κ3) is 6.36. The summed E-state index contributed by atoms with van der Waals surface area (Å²) < 4.78 is 5.70. The lowest BCUT2D eigenvalue weighted by Gasteiger charge is -2.28. The molecule has 1 aliphatic rings. The van der Waals surface area contributed by atoms with E-state index in [0.717, 1.165) is 50.8 Å². The van der Waals surface area contributed by atoms with Crippen LogP contribution in [0.4, 0.5) is 5.13 Å². The highest BCUT2D eigenvalue weighted by molar-refractivity contribution is 7.13. The zero-order chi connectivity index (χ0) is 18.9. The molecule has 2 unspecified atom stereocenters. The zero-order valence-corrected chi connectivity index (χ0v) is 16.9. The fraction of sp³-hybridized carbons (Fsp3) is 0.737. The Balaban J connectivity index is 2.01. The van der Waals surface area contributed by atoms with Crippen molar-refractivity contribution in [2.45, 2.75) is 65.4 Å². The van der Waals surface area contributed by atoms with Gasteiger partial charge < -0.3 is 15.0 Å². The molecule has 1 N–H and O–H groups in total. The number of nitrogens with zero attached hydrogens (tertiary/aromatic N) is 2. The Hall–Kier alpha value is -1.47. The van der Waals surface area contributed by atoms with Gasteiger partial charge in [0.2, 0.25) is 11.8 Å². The molecule has 1 aliphatic heterocycles. The van der Waals surface area contributed by atoms with E-state index in [-0.39, 0.29) is 30.4 Å². The number of ether oxygens (including phenoxy) is 1. The lowest BCUT2D eigenvalue weighted by molar-refractivity contribution is -0.140. The highest BCUT2D eigenvalue weighted by Crippen LogP contribution is 2.20. The number of thiazole rings is 1. The van der Waals surface area contributed by atoms with Crippen LogP contribution in [0.15, 0.2) is 5.38 Å². The van der Waals surface area contributed by atoms with Gasteiger partial charge in [0, 0.05) is 24.4 Å². The van der Waals surface area contributed by atoms with Crippen molar-refractivity contribution in [2.24, 2.45) is 5.92 Å². The lowest BCUT2D eigenvalue weighted by Crippen LogP contribution is -2.45. The molecule has 2 rings (SSSR count). The van der Waals surface area contributed by atoms with Crippen molar-refractivity contribution in [1.82, 2.24) is 9.88 Å². The topological polar surface area (TPSA) is 71.5 Å². The number of hydrogen-bond donors (Lipinski definition) is 1. The summed E-state index contributed by atoms with van der Waals surface area (Å²) in [4.78, 5) is 31.4. The standard InChI is InChI=1S/C19H31N3O3S/c1-4-6-8-15(5-2)18(24)22(11-16-9-7-10-25-16)12-17(23)21-19-20-14(3)13-26-19/h13,15-16H,4-12H2,1-3H3,(H,20,21,23). The molecule has 146 valence electrons. The first-order valence-electron chi connectivity index (χ1n) is 9.65. The largest absolute Gasteiger partial charge is 0.376 e. The normalized spacial score (nSPS) is 17.9. The highest BCUT2D eigenvalue weighted by atomic mass is 32.1. The van der Waals surface area contributed by atoms with Gasteiger partial charge in [-0.15, -0.1) is 11.3 Å². The van der Waals surface area contributed by atoms with Gasteiger partial charge in [0.15, 0.2) is 5.13 Å². The van der Waals surface area contributed by atoms with Crippen LogP contribution >= 0.6 is 11.3 Å². The maximum Gasteiger partial charge on any atom is 0.245 e. The van der Waals surface area contributed by atoms with Gasteiger partial charge in [0.25, 0.3) is 0 Å². The average molecular weight is 382 g/mol. The Morgan fingerprint density at radius 1 is 1.46 bits per heavy atom. The Labute approximate surface area is 160 Å². The first kappa shape index (κ1) is 20.8. The van der Waals surface area contributed by atoms with Gasteiger partial charge in [-0.2, -0.15) is 0 Å². The van der Waals surface area contributed by atoms with Crippen LogP contribution in [0.1, 0.15) is 58.1 Å². The summed E-state index contributed by atoms with van der Waals surface area (Å²) in [6.07, 6.45) is 5.78. The number of unbranched alkanes of at least 4 members (excludes halogenated alkanes) is 1. The van der Waals surface area contributed by atoms with E-state index in [0.29, 0.717) is 11.7 Å². The van der Waals surface area contributed by atoms with Gasteiger partial charge in [-0.25, -0.2) is 4.98 Å². The van der Waals surface area contributed by atoms with Crippen LogP contribution in [0.5, 0.6) is 0 Å². The summed E-state index contributed by atoms with van der Waals surface area (Å²) in [6.45, 7) is 7.35. The number of carbonyl (C=O) groups excluding carboxylic acids is 2. The molecule has 7 heteroatoms. The van der Waals surface area contributed by atoms with Crippen LogP contribution in [-0.2, 0) is 14.3 Å². The minimum absolute atomic E-state index is 0.0220. The van der Waals surface area contributed by atoms with Gasteiger partial charge in [0.1, 0.15) is 6.54 Å². The van der Waals surface area contributed by atoms with Gasteiger partial charge in [-0.1, -0.05) is 26.7 Å². The molecule has 1 aromatic rings. The lowest BCUT2D eigenvalue weighted by atomic mass is 9.97. The van der Waals surface area contributed by atoms with Crippen LogP contribution < -0.4 is 5.32 Å². The second-order valence-corrected chi connectivity index (χ2v) is 7.80. The van der Waals surface area contributed by atoms with Gasteiger partial charge in [-0.3, -0.25) is 9.59 Å². The van der Waals surface area contributed by atoms with Crippen LogP contribution in [0.3, 0.4) is 0 Å². The van der Waals surface area contributed by atoms with E-state index >= 15 is 0 Å². The first-order valence-corrected chi connectivity index (χ1v) is 10.5. The Kier molecular flexibility index (Phi) is 8.51. The van der Waals surface area contributed by atoms with Gasteiger partial charge >= 0.3 is 0 Å². The summed E-state index contributed by atoms with van der Waals surface area (Å²) in [5.41, 5.74) is 0.878. The van der Waals surface area contributed by atoms with Crippen molar-refractivity contribution >= 4 is 28.3 Å². The summed E-state index contributed by atoms with van der Waals surface area (Å²) in [5, 5.41) is 5.28. The average Bonchev–Trinajstić information content (AvgIpc) is 3.26. The summed E-state index contributed by atoms with van der Waals surface area (Å²) in [6, 6.07) is 0. The maximum absolute atomic E-state index is 13.0. The molecule has 0 saturated carbocycles. The molecule has 0 spiro atoms. The number of anilines is 1. The molecule has 1 saturated heterocycles. The molecule has 1 aromatic heterocycles. The highest BCUT2D eigenvalue weighted by Gasteiger charge is 2.28. The van der Waals surface area contributed by atoms with E-state index in [2.05, 4.69) is 17.2 Å². The van der Waals surface area contributed by atoms with Crippen molar-refractivity contribution < 1.29 is 14.3 Å². The van der Waals surface area contributed by atoms with E-state index in [4.69, 9.17) is 4.74 Å². The smallest absolute Gasteiger partial charge is 0.245 e. The molecule has 1 fully saturated rings. The number of rotatable bonds is 10. The van der Waals surface area contributed by atoms with Gasteiger partial charge in [0.05, 0.1) is 11.8 Å². The van der Waals surface area contributed by atoms with Crippen molar-refractivity contribution in [1.29, 1.82) is 0 Å². The van der Waals surface area contributed by atoms with Crippen molar-refractivity contribution in [3.05, 3.63) is 11.1 Å². The van der Waals surface area contributed by atoms with Crippen LogP contribution in [0.2, 0.25) is 0 Å². The molecule has 2 amide bonds. The molecular weight excluding hydrogens is 350 g/mol. The van der Waals surface area contributed by atoms with Crippen LogP contribution in [0, 0.1) is 12.8 Å². The molecule has 6 nitrogen and oxygen atoms in total. The molecular formula is C19H31N3O3S. The van der Waals surface area contributed by atoms with Crippen LogP contribution in [0.25, 0.3) is 0 Å². The number of nitrogens with one attached hydrogen (secondary N) is 1. The van der Waals surface area contributed by atoms with E-state index in [1.807, 2.05) is 19.2 Å². The van der Waals surface area contributed by atoms with Crippen molar-refractivity contribution in [3.8, 4) is 0 Å². The van der Waals surface area contributed by atoms with E-state index in [9.17, 15) is 9.59 Å².